The topological polar surface area (TPSA) is 48.8 Å². The fourth-order valence-electron chi connectivity index (χ4n) is 12.2. The zero-order valence-corrected chi connectivity index (χ0v) is 38.3. The Hall–Kier alpha value is -5.87. The van der Waals surface area contributed by atoms with Crippen LogP contribution in [-0.2, 0) is 25.7 Å². The summed E-state index contributed by atoms with van der Waals surface area (Å²) in [5.41, 5.74) is 32.0. The molecule has 2 atom stereocenters. The number of allylic oxidation sites excluding steroid dienone is 3. The van der Waals surface area contributed by atoms with Gasteiger partial charge in [-0.2, -0.15) is 0 Å². The van der Waals surface area contributed by atoms with Gasteiger partial charge in [0.15, 0.2) is 0 Å². The highest BCUT2D eigenvalue weighted by molar-refractivity contribution is 6.17. The van der Waals surface area contributed by atoms with Crippen molar-refractivity contribution in [2.75, 3.05) is 0 Å². The van der Waals surface area contributed by atoms with Crippen LogP contribution in [0.1, 0.15) is 111 Å². The number of aryl methyl sites for hydroxylation is 7. The molecule has 11 rings (SSSR count). The van der Waals surface area contributed by atoms with Gasteiger partial charge >= 0.3 is 0 Å². The van der Waals surface area contributed by atoms with Crippen molar-refractivity contribution in [2.45, 2.75) is 113 Å². The van der Waals surface area contributed by atoms with Crippen molar-refractivity contribution in [3.8, 4) is 27.9 Å². The van der Waals surface area contributed by atoms with Gasteiger partial charge in [0, 0.05) is 33.9 Å². The molecule has 2 unspecified atom stereocenters. The minimum atomic E-state index is 0.605. The lowest BCUT2D eigenvalue weighted by atomic mass is 9.73. The second kappa shape index (κ2) is 15.5. The van der Waals surface area contributed by atoms with Crippen molar-refractivity contribution in [1.82, 2.24) is 14.1 Å². The van der Waals surface area contributed by atoms with Gasteiger partial charge in [0.25, 0.3) is 0 Å². The Kier molecular flexibility index (Phi) is 10.0. The Bertz CT molecular complexity index is 3150. The fraction of sp³-hybridized carbons (Fsp3) is 0.328. The van der Waals surface area contributed by atoms with Crippen LogP contribution in [0.2, 0.25) is 0 Å². The number of nitrogens with two attached hydrogens (primary N) is 1. The Morgan fingerprint density at radius 1 is 0.677 bits per heavy atom. The quantitative estimate of drug-likeness (QED) is 0.176. The maximum Gasteiger partial charge on any atom is 0.0674 e. The number of hydrogen-bond acceptors (Lipinski definition) is 2. The highest BCUT2D eigenvalue weighted by Gasteiger charge is 2.34. The summed E-state index contributed by atoms with van der Waals surface area (Å²) < 4.78 is 5.07. The van der Waals surface area contributed by atoms with E-state index in [1.807, 2.05) is 26.2 Å². The Morgan fingerprint density at radius 3 is 1.95 bits per heavy atom. The number of rotatable bonds is 5. The number of hydrogen-bond donors (Lipinski definition) is 1. The van der Waals surface area contributed by atoms with Gasteiger partial charge in [-0.25, -0.2) is 0 Å². The predicted molar refractivity (Wildman–Crippen MR) is 266 cm³/mol. The summed E-state index contributed by atoms with van der Waals surface area (Å²) in [4.78, 5) is 4.70. The van der Waals surface area contributed by atoms with Gasteiger partial charge in [-0.3, -0.25) is 4.98 Å². The van der Waals surface area contributed by atoms with Gasteiger partial charge in [-0.1, -0.05) is 75.2 Å². The minimum Gasteiger partial charge on any atom is -0.403 e. The molecule has 4 nitrogen and oxygen atoms in total. The molecule has 4 heteroatoms. The van der Waals surface area contributed by atoms with Crippen LogP contribution < -0.4 is 5.73 Å². The van der Waals surface area contributed by atoms with Gasteiger partial charge in [0.1, 0.15) is 0 Å². The smallest absolute Gasteiger partial charge is 0.0674 e. The number of aromatic nitrogens is 3. The largest absolute Gasteiger partial charge is 0.403 e. The molecular weight excluding hydrogens is 753 g/mol. The summed E-state index contributed by atoms with van der Waals surface area (Å²) in [7, 11) is 0. The minimum absolute atomic E-state index is 0.605. The van der Waals surface area contributed by atoms with E-state index in [-0.39, 0.29) is 0 Å². The standard InChI is InChI=1S/C56H56N4.C2H6/c1-8-35(6)51(29-57)59-49-15-11-37(41-21-31(2)19-32(3)22-41)25-45(49)47-27-39-10-14-44-54-40(9-13-43(53(39)54)55(47)59)28-48-46-26-38(42-23-33(4)20-34(5)24-42)12-16-50(46)60(56(44)48)52-30-58-18-17-36(52)7;1-2/h8,11-12,15-18,20,23-32,41H,9-10,13-14,19,21-22,57H2,1-7H3;1-2H3/b35-8-,51-29+;. The third-order valence-corrected chi connectivity index (χ3v) is 14.7. The molecule has 1 fully saturated rings. The molecule has 0 amide bonds. The van der Waals surface area contributed by atoms with Crippen molar-refractivity contribution in [3.05, 3.63) is 148 Å². The first-order valence-corrected chi connectivity index (χ1v) is 23.4. The van der Waals surface area contributed by atoms with Crippen LogP contribution in [0, 0.1) is 32.6 Å². The second-order valence-corrected chi connectivity index (χ2v) is 18.9. The van der Waals surface area contributed by atoms with Crippen molar-refractivity contribution in [2.24, 2.45) is 17.6 Å². The third kappa shape index (κ3) is 6.19. The van der Waals surface area contributed by atoms with Crippen LogP contribution >= 0.6 is 0 Å². The van der Waals surface area contributed by atoms with E-state index < -0.39 is 0 Å². The monoisotopic (exact) mass is 814 g/mol. The molecule has 0 spiro atoms. The Labute approximate surface area is 368 Å². The summed E-state index contributed by atoms with van der Waals surface area (Å²) in [6.45, 7) is 19.9. The highest BCUT2D eigenvalue weighted by atomic mass is 15.0. The average Bonchev–Trinajstić information content (AvgIpc) is 3.77. The first kappa shape index (κ1) is 40.2. The fourth-order valence-corrected chi connectivity index (χ4v) is 12.2. The number of nitrogens with zero attached hydrogens (tertiary/aromatic N) is 3. The number of pyridine rings is 1. The van der Waals surface area contributed by atoms with Crippen LogP contribution in [0.3, 0.4) is 0 Å². The zero-order valence-electron chi connectivity index (χ0n) is 38.3. The molecule has 3 aliphatic carbocycles. The van der Waals surface area contributed by atoms with E-state index in [9.17, 15) is 0 Å². The first-order chi connectivity index (χ1) is 30.1. The molecule has 5 aromatic carbocycles. The molecule has 1 saturated carbocycles. The molecule has 2 N–H and O–H groups in total. The lowest BCUT2D eigenvalue weighted by molar-refractivity contribution is 0.268. The molecule has 62 heavy (non-hydrogen) atoms. The summed E-state index contributed by atoms with van der Waals surface area (Å²) in [5, 5.41) is 5.42. The highest BCUT2D eigenvalue weighted by Crippen LogP contribution is 2.52. The molecule has 3 aromatic heterocycles. The van der Waals surface area contributed by atoms with Gasteiger partial charge in [0.2, 0.25) is 0 Å². The van der Waals surface area contributed by atoms with E-state index in [4.69, 9.17) is 10.7 Å². The molecule has 0 aliphatic heterocycles. The van der Waals surface area contributed by atoms with Crippen LogP contribution in [0.5, 0.6) is 0 Å². The summed E-state index contributed by atoms with van der Waals surface area (Å²) >= 11 is 0. The lowest BCUT2D eigenvalue weighted by Crippen LogP contribution is -2.18. The van der Waals surface area contributed by atoms with E-state index in [2.05, 4.69) is 143 Å². The maximum absolute atomic E-state index is 6.63. The van der Waals surface area contributed by atoms with Crippen molar-refractivity contribution in [1.29, 1.82) is 0 Å². The van der Waals surface area contributed by atoms with Crippen LogP contribution in [0.4, 0.5) is 0 Å². The van der Waals surface area contributed by atoms with E-state index >= 15 is 0 Å². The van der Waals surface area contributed by atoms with E-state index in [1.165, 1.54) is 135 Å². The summed E-state index contributed by atoms with van der Waals surface area (Å²) in [5.74, 6) is 2.13. The van der Waals surface area contributed by atoms with Gasteiger partial charge < -0.3 is 14.9 Å². The van der Waals surface area contributed by atoms with E-state index in [1.54, 1.807) is 0 Å². The molecule has 0 saturated heterocycles. The molecule has 0 radical (unpaired) electrons. The average molecular weight is 815 g/mol. The predicted octanol–water partition coefficient (Wildman–Crippen LogP) is 15.0. The van der Waals surface area contributed by atoms with E-state index in [0.717, 1.165) is 48.9 Å². The van der Waals surface area contributed by atoms with Crippen LogP contribution in [-0.4, -0.2) is 14.1 Å². The lowest BCUT2D eigenvalue weighted by Gasteiger charge is -2.32. The molecular formula is C58H62N4. The van der Waals surface area contributed by atoms with Gasteiger partial charge in [-0.15, -0.1) is 0 Å². The molecule has 8 aromatic rings. The van der Waals surface area contributed by atoms with Gasteiger partial charge in [0.05, 0.1) is 39.6 Å². The molecule has 3 heterocycles. The van der Waals surface area contributed by atoms with Crippen LogP contribution in [0.25, 0.3) is 77.2 Å². The second-order valence-electron chi connectivity index (χ2n) is 18.9. The molecule has 3 aliphatic rings. The number of fused-ring (bicyclic) bond motifs is 8. The van der Waals surface area contributed by atoms with Crippen molar-refractivity contribution >= 4 is 49.3 Å². The third-order valence-electron chi connectivity index (χ3n) is 14.7. The number of benzene rings is 5. The zero-order chi connectivity index (χ0) is 43.1. The Balaban J connectivity index is 0.00000226. The van der Waals surface area contributed by atoms with Crippen molar-refractivity contribution < 1.29 is 0 Å². The SMILES string of the molecule is C/C=C(C)\C(=C/N)n1c2ccc(C3CC(C)CC(C)C3)cc2c2cc3c4c(c21)CCc1cc2c5cc(-c6cc(C)cc(C)c6)ccc5n(-c5cnccc5C)c2c(c1-4)CC3.CC. The summed E-state index contributed by atoms with van der Waals surface area (Å²) in [6.07, 6.45) is 15.9. The molecule has 0 bridgehead atoms. The van der Waals surface area contributed by atoms with Gasteiger partial charge in [-0.05, 0) is 201 Å². The first-order valence-electron chi connectivity index (χ1n) is 23.4. The normalized spacial score (nSPS) is 18.7. The maximum atomic E-state index is 6.63. The molecule has 314 valence electrons. The Morgan fingerprint density at radius 2 is 1.31 bits per heavy atom. The van der Waals surface area contributed by atoms with Crippen LogP contribution in [0.15, 0.2) is 103 Å². The van der Waals surface area contributed by atoms with Crippen molar-refractivity contribution in [3.63, 3.8) is 0 Å². The summed E-state index contributed by atoms with van der Waals surface area (Å²) in [6, 6.07) is 28.8. The van der Waals surface area contributed by atoms with E-state index in [0.29, 0.717) is 5.92 Å².